The minimum atomic E-state index is -0.477. The predicted molar refractivity (Wildman–Crippen MR) is 129 cm³/mol. The van der Waals surface area contributed by atoms with Gasteiger partial charge in [0.05, 0.1) is 17.9 Å². The third kappa shape index (κ3) is 6.21. The van der Waals surface area contributed by atoms with Gasteiger partial charge in [-0.15, -0.1) is 0 Å². The molecule has 0 spiro atoms. The number of hydrogen-bond donors (Lipinski definition) is 1. The first-order valence-corrected chi connectivity index (χ1v) is 11.4. The molecule has 182 valence electrons. The molecule has 2 amide bonds. The molecule has 1 aliphatic rings. The number of piperazine rings is 1. The summed E-state index contributed by atoms with van der Waals surface area (Å²) >= 11 is 0. The number of hydrogen-bond acceptors (Lipinski definition) is 8. The Morgan fingerprint density at radius 3 is 2.47 bits per heavy atom. The zero-order valence-electron chi connectivity index (χ0n) is 20.2. The molecule has 0 atom stereocenters. The highest BCUT2D eigenvalue weighted by molar-refractivity contribution is 5.97. The highest BCUT2D eigenvalue weighted by atomic mass is 16.5. The lowest BCUT2D eigenvalue weighted by Gasteiger charge is -2.36. The van der Waals surface area contributed by atoms with Crippen molar-refractivity contribution >= 4 is 29.3 Å². The first kappa shape index (κ1) is 24.9. The summed E-state index contributed by atoms with van der Waals surface area (Å²) in [5.41, 5.74) is 1.55. The second-order valence-electron chi connectivity index (χ2n) is 8.35. The van der Waals surface area contributed by atoms with Crippen molar-refractivity contribution in [2.75, 3.05) is 56.6 Å². The van der Waals surface area contributed by atoms with Crippen molar-refractivity contribution in [3.63, 3.8) is 0 Å². The average molecular weight is 469 g/mol. The smallest absolute Gasteiger partial charge is 0.325 e. The lowest BCUT2D eigenvalue weighted by atomic mass is 10.2. The molecule has 1 fully saturated rings. The fraction of sp³-hybridized carbons (Fsp3) is 0.458. The Morgan fingerprint density at radius 1 is 1.12 bits per heavy atom. The average Bonchev–Trinajstić information content (AvgIpc) is 2.83. The Hall–Kier alpha value is -3.69. The molecule has 0 unspecified atom stereocenters. The number of amides is 2. The number of aromatic nitrogens is 2. The summed E-state index contributed by atoms with van der Waals surface area (Å²) in [5.74, 6) is -0.138. The Bertz CT molecular complexity index is 1000. The van der Waals surface area contributed by atoms with E-state index in [1.165, 1.54) is 18.1 Å². The van der Waals surface area contributed by atoms with E-state index in [4.69, 9.17) is 4.74 Å². The molecule has 1 aliphatic heterocycles. The molecule has 0 aromatic carbocycles. The number of carbonyl (C=O) groups is 3. The monoisotopic (exact) mass is 468 g/mol. The minimum Gasteiger partial charge on any atom is -0.465 e. The Labute approximate surface area is 199 Å². The number of rotatable bonds is 8. The van der Waals surface area contributed by atoms with Crippen molar-refractivity contribution in [2.45, 2.75) is 26.8 Å². The highest BCUT2D eigenvalue weighted by Crippen LogP contribution is 2.24. The number of anilines is 2. The molecule has 0 radical (unpaired) electrons. The largest absolute Gasteiger partial charge is 0.465 e. The van der Waals surface area contributed by atoms with Gasteiger partial charge in [0.25, 0.3) is 11.8 Å². The Balaban J connectivity index is 1.58. The van der Waals surface area contributed by atoms with Gasteiger partial charge in [-0.2, -0.15) is 0 Å². The predicted octanol–water partition coefficient (Wildman–Crippen LogP) is 1.89. The zero-order chi connectivity index (χ0) is 24.7. The molecular formula is C24H32N6O4. The lowest BCUT2D eigenvalue weighted by molar-refractivity contribution is -0.143. The van der Waals surface area contributed by atoms with Gasteiger partial charge in [-0.05, 0) is 45.0 Å². The molecule has 3 rings (SSSR count). The van der Waals surface area contributed by atoms with Crippen LogP contribution in [0.4, 0.5) is 11.5 Å². The SMILES string of the molecule is CCOC(=O)CN(C)C(=O)c1ccc(C(=O)N2CCN(c3ncccc3NC(C)C)CC2)nc1. The summed E-state index contributed by atoms with van der Waals surface area (Å²) in [6.45, 7) is 8.37. The van der Waals surface area contributed by atoms with E-state index >= 15 is 0 Å². The van der Waals surface area contributed by atoms with Crippen molar-refractivity contribution < 1.29 is 19.1 Å². The number of likely N-dealkylation sites (N-methyl/N-ethyl adjacent to an activating group) is 1. The van der Waals surface area contributed by atoms with E-state index in [1.807, 2.05) is 12.1 Å². The van der Waals surface area contributed by atoms with Crippen LogP contribution in [0.15, 0.2) is 36.7 Å². The van der Waals surface area contributed by atoms with Crippen LogP contribution in [0.3, 0.4) is 0 Å². The van der Waals surface area contributed by atoms with Crippen LogP contribution in [0.25, 0.3) is 0 Å². The first-order valence-electron chi connectivity index (χ1n) is 11.4. The topological polar surface area (TPSA) is 108 Å². The van der Waals surface area contributed by atoms with Crippen molar-refractivity contribution in [2.24, 2.45) is 0 Å². The summed E-state index contributed by atoms with van der Waals surface area (Å²) < 4.78 is 4.87. The normalized spacial score (nSPS) is 13.6. The molecule has 0 aliphatic carbocycles. The minimum absolute atomic E-state index is 0.150. The number of pyridine rings is 2. The zero-order valence-corrected chi connectivity index (χ0v) is 20.2. The summed E-state index contributed by atoms with van der Waals surface area (Å²) in [5, 5.41) is 3.42. The van der Waals surface area contributed by atoms with Crippen molar-refractivity contribution in [3.05, 3.63) is 47.9 Å². The van der Waals surface area contributed by atoms with E-state index in [1.54, 1.807) is 30.2 Å². The molecule has 0 saturated carbocycles. The van der Waals surface area contributed by atoms with Crippen LogP contribution in [0.1, 0.15) is 41.6 Å². The van der Waals surface area contributed by atoms with E-state index < -0.39 is 5.97 Å². The van der Waals surface area contributed by atoms with Gasteiger partial charge in [0.15, 0.2) is 5.82 Å². The Morgan fingerprint density at radius 2 is 1.85 bits per heavy atom. The molecule has 10 nitrogen and oxygen atoms in total. The maximum Gasteiger partial charge on any atom is 0.325 e. The van der Waals surface area contributed by atoms with Crippen molar-refractivity contribution in [1.29, 1.82) is 0 Å². The van der Waals surface area contributed by atoms with Gasteiger partial charge in [0.1, 0.15) is 12.2 Å². The maximum absolute atomic E-state index is 12.9. The van der Waals surface area contributed by atoms with Crippen LogP contribution in [-0.2, 0) is 9.53 Å². The second-order valence-corrected chi connectivity index (χ2v) is 8.35. The highest BCUT2D eigenvalue weighted by Gasteiger charge is 2.25. The quantitative estimate of drug-likeness (QED) is 0.586. The van der Waals surface area contributed by atoms with Gasteiger partial charge in [0, 0.05) is 51.7 Å². The van der Waals surface area contributed by atoms with Crippen LogP contribution < -0.4 is 10.2 Å². The van der Waals surface area contributed by atoms with Gasteiger partial charge in [-0.25, -0.2) is 4.98 Å². The molecule has 2 aromatic rings. The first-order chi connectivity index (χ1) is 16.3. The number of esters is 1. The number of nitrogens with zero attached hydrogens (tertiary/aromatic N) is 5. The van der Waals surface area contributed by atoms with Gasteiger partial charge in [0.2, 0.25) is 0 Å². The summed E-state index contributed by atoms with van der Waals surface area (Å²) in [6, 6.07) is 7.30. The number of ether oxygens (including phenoxy) is 1. The maximum atomic E-state index is 12.9. The van der Waals surface area contributed by atoms with Gasteiger partial charge in [-0.3, -0.25) is 19.4 Å². The van der Waals surface area contributed by atoms with Crippen LogP contribution in [-0.4, -0.2) is 90.0 Å². The molecule has 10 heteroatoms. The van der Waals surface area contributed by atoms with Crippen LogP contribution in [0.2, 0.25) is 0 Å². The lowest BCUT2D eigenvalue weighted by Crippen LogP contribution is -2.49. The number of nitrogens with one attached hydrogen (secondary N) is 1. The summed E-state index contributed by atoms with van der Waals surface area (Å²) in [6.07, 6.45) is 3.14. The summed E-state index contributed by atoms with van der Waals surface area (Å²) in [7, 11) is 1.52. The number of carbonyl (C=O) groups excluding carboxylic acids is 3. The third-order valence-corrected chi connectivity index (χ3v) is 5.35. The van der Waals surface area contributed by atoms with Gasteiger partial charge >= 0.3 is 5.97 Å². The second kappa shape index (κ2) is 11.4. The van der Waals surface area contributed by atoms with E-state index in [0.29, 0.717) is 31.7 Å². The van der Waals surface area contributed by atoms with E-state index in [0.717, 1.165) is 11.5 Å². The molecule has 3 heterocycles. The molecule has 2 aromatic heterocycles. The molecule has 0 bridgehead atoms. The van der Waals surface area contributed by atoms with Crippen molar-refractivity contribution in [3.8, 4) is 0 Å². The van der Waals surface area contributed by atoms with Crippen molar-refractivity contribution in [1.82, 2.24) is 19.8 Å². The van der Waals surface area contributed by atoms with Crippen LogP contribution >= 0.6 is 0 Å². The Kier molecular flexibility index (Phi) is 8.39. The fourth-order valence-electron chi connectivity index (χ4n) is 3.70. The van der Waals surface area contributed by atoms with Gasteiger partial charge in [-0.1, -0.05) is 0 Å². The third-order valence-electron chi connectivity index (χ3n) is 5.35. The van der Waals surface area contributed by atoms with Crippen LogP contribution in [0, 0.1) is 0 Å². The standard InChI is InChI=1S/C24H32N6O4/c1-5-34-21(31)16-28(4)23(32)18-8-9-20(26-15-18)24(33)30-13-11-29(12-14-30)22-19(27-17(2)3)7-6-10-25-22/h6-10,15,17,27H,5,11-14,16H2,1-4H3. The molecule has 1 N–H and O–H groups in total. The molecule has 34 heavy (non-hydrogen) atoms. The van der Waals surface area contributed by atoms with E-state index in [9.17, 15) is 14.4 Å². The van der Waals surface area contributed by atoms with Crippen LogP contribution in [0.5, 0.6) is 0 Å². The van der Waals surface area contributed by atoms with Gasteiger partial charge < -0.3 is 24.8 Å². The molecule has 1 saturated heterocycles. The van der Waals surface area contributed by atoms with E-state index in [-0.39, 0.29) is 36.7 Å². The molecular weight excluding hydrogens is 436 g/mol. The summed E-state index contributed by atoms with van der Waals surface area (Å²) in [4.78, 5) is 51.0. The van der Waals surface area contributed by atoms with E-state index in [2.05, 4.69) is 34.0 Å². The fourth-order valence-corrected chi connectivity index (χ4v) is 3.70.